The second kappa shape index (κ2) is 8.88. The summed E-state index contributed by atoms with van der Waals surface area (Å²) in [6.07, 6.45) is 3.17. The molecule has 0 aromatic carbocycles. The van der Waals surface area contributed by atoms with Gasteiger partial charge in [0, 0.05) is 19.4 Å². The highest BCUT2D eigenvalue weighted by Gasteiger charge is 2.13. The van der Waals surface area contributed by atoms with Gasteiger partial charge >= 0.3 is 5.97 Å². The first kappa shape index (κ1) is 14.9. The summed E-state index contributed by atoms with van der Waals surface area (Å²) in [7, 11) is 0. The van der Waals surface area contributed by atoms with Gasteiger partial charge in [-0.15, -0.1) is 0 Å². The smallest absolute Gasteiger partial charge is 0.303 e. The Morgan fingerprint density at radius 2 is 2.00 bits per heavy atom. The molecule has 0 aromatic heterocycles. The van der Waals surface area contributed by atoms with E-state index < -0.39 is 5.97 Å². The van der Waals surface area contributed by atoms with Gasteiger partial charge in [-0.05, 0) is 32.4 Å². The van der Waals surface area contributed by atoms with Gasteiger partial charge in [0.25, 0.3) is 0 Å². The van der Waals surface area contributed by atoms with Crippen molar-refractivity contribution in [2.24, 2.45) is 0 Å². The number of carboxylic acids is 1. The molecule has 1 amide bonds. The molecule has 0 saturated carbocycles. The molecule has 6 heteroatoms. The minimum Gasteiger partial charge on any atom is -0.481 e. The minimum atomic E-state index is -0.835. The molecular formula is C12H22N2O4. The van der Waals surface area contributed by atoms with Crippen LogP contribution in [-0.2, 0) is 14.3 Å². The average Bonchev–Trinajstić information content (AvgIpc) is 2.36. The van der Waals surface area contributed by atoms with Crippen molar-refractivity contribution in [2.75, 3.05) is 26.2 Å². The van der Waals surface area contributed by atoms with E-state index in [1.54, 1.807) is 0 Å². The fourth-order valence-electron chi connectivity index (χ4n) is 1.84. The molecule has 0 aromatic rings. The first-order valence-corrected chi connectivity index (χ1v) is 6.49. The van der Waals surface area contributed by atoms with Crippen LogP contribution in [0.5, 0.6) is 0 Å². The number of ether oxygens (including phenoxy) is 1. The lowest BCUT2D eigenvalue weighted by atomic mass is 10.1. The van der Waals surface area contributed by atoms with Crippen LogP contribution < -0.4 is 10.6 Å². The number of amides is 1. The lowest BCUT2D eigenvalue weighted by Crippen LogP contribution is -2.33. The molecule has 1 heterocycles. The van der Waals surface area contributed by atoms with Crippen LogP contribution in [0.15, 0.2) is 0 Å². The molecule has 1 aliphatic rings. The lowest BCUT2D eigenvalue weighted by molar-refractivity contribution is -0.137. The lowest BCUT2D eigenvalue weighted by Gasteiger charge is -2.22. The van der Waals surface area contributed by atoms with Gasteiger partial charge in [-0.3, -0.25) is 9.59 Å². The van der Waals surface area contributed by atoms with Gasteiger partial charge < -0.3 is 20.5 Å². The zero-order valence-electron chi connectivity index (χ0n) is 10.6. The number of rotatable bonds is 8. The highest BCUT2D eigenvalue weighted by Crippen LogP contribution is 2.07. The Bertz CT molecular complexity index is 265. The number of aliphatic carboxylic acids is 1. The zero-order valence-corrected chi connectivity index (χ0v) is 10.6. The molecular weight excluding hydrogens is 236 g/mol. The molecule has 0 radical (unpaired) electrons. The first-order valence-electron chi connectivity index (χ1n) is 6.49. The van der Waals surface area contributed by atoms with Crippen LogP contribution in [0.4, 0.5) is 0 Å². The van der Waals surface area contributed by atoms with Crippen molar-refractivity contribution < 1.29 is 19.4 Å². The van der Waals surface area contributed by atoms with Crippen molar-refractivity contribution in [2.45, 2.75) is 38.2 Å². The predicted molar refractivity (Wildman–Crippen MR) is 66.3 cm³/mol. The number of hydrogen-bond donors (Lipinski definition) is 3. The van der Waals surface area contributed by atoms with Crippen LogP contribution in [0.1, 0.15) is 32.1 Å². The van der Waals surface area contributed by atoms with E-state index in [0.717, 1.165) is 25.9 Å². The Labute approximate surface area is 107 Å². The maximum Gasteiger partial charge on any atom is 0.303 e. The van der Waals surface area contributed by atoms with Crippen molar-refractivity contribution in [3.8, 4) is 0 Å². The van der Waals surface area contributed by atoms with Crippen molar-refractivity contribution in [1.29, 1.82) is 0 Å². The van der Waals surface area contributed by atoms with Crippen LogP contribution in [-0.4, -0.2) is 49.3 Å². The first-order chi connectivity index (χ1) is 8.68. The van der Waals surface area contributed by atoms with Gasteiger partial charge in [-0.2, -0.15) is 0 Å². The third-order valence-electron chi connectivity index (χ3n) is 2.86. The summed E-state index contributed by atoms with van der Waals surface area (Å²) in [5.74, 6) is -0.909. The van der Waals surface area contributed by atoms with Crippen LogP contribution >= 0.6 is 0 Å². The van der Waals surface area contributed by atoms with Crippen molar-refractivity contribution in [3.63, 3.8) is 0 Å². The van der Waals surface area contributed by atoms with E-state index in [-0.39, 0.29) is 18.4 Å². The van der Waals surface area contributed by atoms with Gasteiger partial charge in [0.1, 0.15) is 0 Å². The van der Waals surface area contributed by atoms with E-state index in [2.05, 4.69) is 10.6 Å². The predicted octanol–water partition coefficient (Wildman–Crippen LogP) is 0.126. The number of carbonyl (C=O) groups is 2. The number of hydrogen-bond acceptors (Lipinski definition) is 4. The highest BCUT2D eigenvalue weighted by atomic mass is 16.5. The van der Waals surface area contributed by atoms with Crippen molar-refractivity contribution in [1.82, 2.24) is 10.6 Å². The molecule has 1 aliphatic heterocycles. The average molecular weight is 258 g/mol. The Balaban J connectivity index is 1.94. The summed E-state index contributed by atoms with van der Waals surface area (Å²) in [4.78, 5) is 21.6. The van der Waals surface area contributed by atoms with E-state index >= 15 is 0 Å². The quantitative estimate of drug-likeness (QED) is 0.538. The van der Waals surface area contributed by atoms with Gasteiger partial charge in [-0.25, -0.2) is 0 Å². The maximum absolute atomic E-state index is 11.4. The van der Waals surface area contributed by atoms with Crippen LogP contribution in [0, 0.1) is 0 Å². The molecule has 18 heavy (non-hydrogen) atoms. The topological polar surface area (TPSA) is 87.7 Å². The standard InChI is InChI=1S/C12H22N2O4/c15-11(14-6-1-2-12(16)17)5-9-18-10-3-7-13-8-4-10/h10,13H,1-9H2,(H,14,15)(H,16,17). The Morgan fingerprint density at radius 1 is 1.28 bits per heavy atom. The van der Waals surface area contributed by atoms with E-state index in [9.17, 15) is 9.59 Å². The monoisotopic (exact) mass is 258 g/mol. The second-order valence-electron chi connectivity index (χ2n) is 4.42. The third kappa shape index (κ3) is 7.24. The maximum atomic E-state index is 11.4. The van der Waals surface area contributed by atoms with E-state index in [1.807, 2.05) is 0 Å². The molecule has 104 valence electrons. The van der Waals surface area contributed by atoms with Crippen LogP contribution in [0.2, 0.25) is 0 Å². The third-order valence-corrected chi connectivity index (χ3v) is 2.86. The van der Waals surface area contributed by atoms with Gasteiger partial charge in [0.05, 0.1) is 12.7 Å². The van der Waals surface area contributed by atoms with Crippen molar-refractivity contribution >= 4 is 11.9 Å². The molecule has 0 unspecified atom stereocenters. The van der Waals surface area contributed by atoms with Crippen LogP contribution in [0.25, 0.3) is 0 Å². The van der Waals surface area contributed by atoms with E-state index in [1.165, 1.54) is 0 Å². The largest absolute Gasteiger partial charge is 0.481 e. The number of nitrogens with one attached hydrogen (secondary N) is 2. The molecule has 0 atom stereocenters. The van der Waals surface area contributed by atoms with Gasteiger partial charge in [0.2, 0.25) is 5.91 Å². The molecule has 0 aliphatic carbocycles. The summed E-state index contributed by atoms with van der Waals surface area (Å²) in [6, 6.07) is 0. The van der Waals surface area contributed by atoms with Crippen molar-refractivity contribution in [3.05, 3.63) is 0 Å². The molecule has 0 spiro atoms. The summed E-state index contributed by atoms with van der Waals surface area (Å²) in [6.45, 7) is 2.81. The Hall–Kier alpha value is -1.14. The van der Waals surface area contributed by atoms with E-state index in [4.69, 9.17) is 9.84 Å². The summed E-state index contributed by atoms with van der Waals surface area (Å²) < 4.78 is 5.60. The van der Waals surface area contributed by atoms with E-state index in [0.29, 0.717) is 26.0 Å². The number of piperidine rings is 1. The number of carbonyl (C=O) groups excluding carboxylic acids is 1. The zero-order chi connectivity index (χ0) is 13.2. The molecule has 1 rings (SSSR count). The molecule has 0 bridgehead atoms. The SMILES string of the molecule is O=C(O)CCCNC(=O)CCOC1CCNCC1. The Morgan fingerprint density at radius 3 is 2.67 bits per heavy atom. The molecule has 1 saturated heterocycles. The number of carboxylic acid groups (broad SMARTS) is 1. The van der Waals surface area contributed by atoms with Gasteiger partial charge in [-0.1, -0.05) is 0 Å². The minimum absolute atomic E-state index is 0.0747. The van der Waals surface area contributed by atoms with Crippen LogP contribution in [0.3, 0.4) is 0 Å². The fraction of sp³-hybridized carbons (Fsp3) is 0.833. The Kier molecular flexibility index (Phi) is 7.36. The summed E-state index contributed by atoms with van der Waals surface area (Å²) in [5, 5.41) is 14.4. The molecule has 1 fully saturated rings. The van der Waals surface area contributed by atoms with Gasteiger partial charge in [0.15, 0.2) is 0 Å². The summed E-state index contributed by atoms with van der Waals surface area (Å²) >= 11 is 0. The summed E-state index contributed by atoms with van der Waals surface area (Å²) in [5.41, 5.74) is 0. The normalized spacial score (nSPS) is 16.4. The second-order valence-corrected chi connectivity index (χ2v) is 4.42. The molecule has 3 N–H and O–H groups in total. The fourth-order valence-corrected chi connectivity index (χ4v) is 1.84. The molecule has 6 nitrogen and oxygen atoms in total. The highest BCUT2D eigenvalue weighted by molar-refractivity contribution is 5.76.